The Labute approximate surface area is 126 Å². The van der Waals surface area contributed by atoms with Crippen LogP contribution in [-0.4, -0.2) is 43.4 Å². The maximum absolute atomic E-state index is 12.2. The summed E-state index contributed by atoms with van der Waals surface area (Å²) >= 11 is 0. The lowest BCUT2D eigenvalue weighted by atomic mass is 9.93. The molecule has 1 saturated heterocycles. The Morgan fingerprint density at radius 1 is 1.40 bits per heavy atom. The van der Waals surface area contributed by atoms with Gasteiger partial charge in [-0.15, -0.1) is 0 Å². The highest BCUT2D eigenvalue weighted by molar-refractivity contribution is 8.13. The van der Waals surface area contributed by atoms with Gasteiger partial charge in [-0.25, -0.2) is 13.2 Å². The standard InChI is InChI=1S/C13H24ClNO4S/c1-10(9-20(14,17)18)11-7-5-6-8-15(11)12(16)19-13(2,3)4/h10-11H,5-9H2,1-4H3. The summed E-state index contributed by atoms with van der Waals surface area (Å²) in [6.45, 7) is 7.86. The van der Waals surface area contributed by atoms with Crippen molar-refractivity contribution in [1.29, 1.82) is 0 Å². The van der Waals surface area contributed by atoms with Gasteiger partial charge < -0.3 is 9.64 Å². The monoisotopic (exact) mass is 325 g/mol. The molecule has 0 N–H and O–H groups in total. The van der Waals surface area contributed by atoms with E-state index in [0.717, 1.165) is 19.3 Å². The van der Waals surface area contributed by atoms with E-state index >= 15 is 0 Å². The summed E-state index contributed by atoms with van der Waals surface area (Å²) in [5, 5.41) is 0. The summed E-state index contributed by atoms with van der Waals surface area (Å²) in [6.07, 6.45) is 2.31. The zero-order valence-corrected chi connectivity index (χ0v) is 14.1. The Morgan fingerprint density at radius 3 is 2.50 bits per heavy atom. The molecule has 2 atom stereocenters. The van der Waals surface area contributed by atoms with Crippen LogP contribution in [0.15, 0.2) is 0 Å². The van der Waals surface area contributed by atoms with E-state index in [2.05, 4.69) is 0 Å². The normalized spacial score (nSPS) is 22.4. The zero-order chi connectivity index (χ0) is 15.6. The van der Waals surface area contributed by atoms with Crippen molar-refractivity contribution in [2.24, 2.45) is 5.92 Å². The van der Waals surface area contributed by atoms with Crippen LogP contribution in [0.1, 0.15) is 47.0 Å². The molecule has 0 spiro atoms. The average Bonchev–Trinajstić information content (AvgIpc) is 2.24. The van der Waals surface area contributed by atoms with Crippen LogP contribution in [0, 0.1) is 5.92 Å². The van der Waals surface area contributed by atoms with E-state index in [1.807, 2.05) is 27.7 Å². The summed E-state index contributed by atoms with van der Waals surface area (Å²) in [6, 6.07) is -0.132. The van der Waals surface area contributed by atoms with Crippen LogP contribution < -0.4 is 0 Å². The molecule has 1 amide bonds. The molecule has 1 fully saturated rings. The molecule has 7 heteroatoms. The molecule has 1 rings (SSSR count). The second-order valence-electron chi connectivity index (χ2n) is 6.42. The van der Waals surface area contributed by atoms with Crippen molar-refractivity contribution in [3.05, 3.63) is 0 Å². The fraction of sp³-hybridized carbons (Fsp3) is 0.923. The zero-order valence-electron chi connectivity index (χ0n) is 12.6. The van der Waals surface area contributed by atoms with Crippen LogP contribution in [0.5, 0.6) is 0 Å². The molecule has 0 radical (unpaired) electrons. The third-order valence-corrected chi connectivity index (χ3v) is 4.60. The first-order valence-electron chi connectivity index (χ1n) is 6.91. The predicted octanol–water partition coefficient (Wildman–Crippen LogP) is 2.98. The number of piperidine rings is 1. The average molecular weight is 326 g/mol. The van der Waals surface area contributed by atoms with Crippen LogP contribution in [0.3, 0.4) is 0 Å². The van der Waals surface area contributed by atoms with Crippen LogP contribution in [-0.2, 0) is 13.8 Å². The van der Waals surface area contributed by atoms with Gasteiger partial charge in [-0.05, 0) is 46.0 Å². The summed E-state index contributed by atoms with van der Waals surface area (Å²) < 4.78 is 27.8. The molecule has 1 aliphatic rings. The van der Waals surface area contributed by atoms with Gasteiger partial charge in [-0.2, -0.15) is 0 Å². The van der Waals surface area contributed by atoms with Crippen molar-refractivity contribution in [2.75, 3.05) is 12.3 Å². The number of ether oxygens (including phenoxy) is 1. The molecule has 0 aromatic rings. The highest BCUT2D eigenvalue weighted by Crippen LogP contribution is 2.26. The Morgan fingerprint density at radius 2 is 2.00 bits per heavy atom. The van der Waals surface area contributed by atoms with E-state index in [0.29, 0.717) is 6.54 Å². The number of hydrogen-bond acceptors (Lipinski definition) is 4. The Bertz CT molecular complexity index is 444. The second kappa shape index (κ2) is 6.52. The molecule has 0 bridgehead atoms. The van der Waals surface area contributed by atoms with E-state index in [4.69, 9.17) is 15.4 Å². The molecular formula is C13H24ClNO4S. The van der Waals surface area contributed by atoms with Crippen molar-refractivity contribution in [3.8, 4) is 0 Å². The Hall–Kier alpha value is -0.490. The fourth-order valence-electron chi connectivity index (χ4n) is 2.52. The highest BCUT2D eigenvalue weighted by Gasteiger charge is 2.34. The number of hydrogen-bond donors (Lipinski definition) is 0. The molecule has 0 saturated carbocycles. The third kappa shape index (κ3) is 5.87. The Balaban J connectivity index is 2.78. The first-order chi connectivity index (χ1) is 8.99. The van der Waals surface area contributed by atoms with E-state index in [9.17, 15) is 13.2 Å². The number of rotatable bonds is 3. The number of nitrogens with zero attached hydrogens (tertiary/aromatic N) is 1. The molecule has 2 unspecified atom stereocenters. The van der Waals surface area contributed by atoms with Gasteiger partial charge in [-0.1, -0.05) is 6.92 Å². The van der Waals surface area contributed by atoms with E-state index in [1.165, 1.54) is 0 Å². The minimum atomic E-state index is -3.56. The summed E-state index contributed by atoms with van der Waals surface area (Å²) in [5.74, 6) is -0.330. The number of carbonyl (C=O) groups excluding carboxylic acids is 1. The van der Waals surface area contributed by atoms with E-state index in [-0.39, 0.29) is 23.8 Å². The summed E-state index contributed by atoms with van der Waals surface area (Å²) in [7, 11) is 1.76. The lowest BCUT2D eigenvalue weighted by Gasteiger charge is -2.39. The lowest BCUT2D eigenvalue weighted by molar-refractivity contribution is 0.00398. The van der Waals surface area contributed by atoms with Crippen molar-refractivity contribution in [1.82, 2.24) is 4.90 Å². The molecule has 0 aromatic carbocycles. The predicted molar refractivity (Wildman–Crippen MR) is 79.4 cm³/mol. The number of amides is 1. The van der Waals surface area contributed by atoms with Gasteiger partial charge in [0.25, 0.3) is 0 Å². The SMILES string of the molecule is CC(CS(=O)(=O)Cl)C1CCCCN1C(=O)OC(C)(C)C. The highest BCUT2D eigenvalue weighted by atomic mass is 35.7. The van der Waals surface area contributed by atoms with Gasteiger partial charge in [0.1, 0.15) is 5.60 Å². The van der Waals surface area contributed by atoms with Crippen LogP contribution in [0.4, 0.5) is 4.79 Å². The van der Waals surface area contributed by atoms with E-state index < -0.39 is 14.7 Å². The minimum Gasteiger partial charge on any atom is -0.444 e. The van der Waals surface area contributed by atoms with Crippen LogP contribution >= 0.6 is 10.7 Å². The summed E-state index contributed by atoms with van der Waals surface area (Å²) in [5.41, 5.74) is -0.555. The van der Waals surface area contributed by atoms with Crippen molar-refractivity contribution in [2.45, 2.75) is 58.6 Å². The topological polar surface area (TPSA) is 63.7 Å². The van der Waals surface area contributed by atoms with Crippen molar-refractivity contribution < 1.29 is 17.9 Å². The molecular weight excluding hydrogens is 302 g/mol. The van der Waals surface area contributed by atoms with Gasteiger partial charge in [0.15, 0.2) is 0 Å². The van der Waals surface area contributed by atoms with Crippen molar-refractivity contribution in [3.63, 3.8) is 0 Å². The molecule has 0 aliphatic carbocycles. The van der Waals surface area contributed by atoms with Crippen LogP contribution in [0.25, 0.3) is 0 Å². The second-order valence-corrected chi connectivity index (χ2v) is 9.24. The van der Waals surface area contributed by atoms with Crippen molar-refractivity contribution >= 4 is 25.8 Å². The van der Waals surface area contributed by atoms with E-state index in [1.54, 1.807) is 4.90 Å². The molecule has 5 nitrogen and oxygen atoms in total. The summed E-state index contributed by atoms with van der Waals surface area (Å²) in [4.78, 5) is 13.9. The Kier molecular flexibility index (Phi) is 5.72. The van der Waals surface area contributed by atoms with Crippen LogP contribution in [0.2, 0.25) is 0 Å². The first kappa shape index (κ1) is 17.6. The van der Waals surface area contributed by atoms with Gasteiger partial charge in [0.05, 0.1) is 5.75 Å². The fourth-order valence-corrected chi connectivity index (χ4v) is 3.97. The van der Waals surface area contributed by atoms with Gasteiger partial charge in [-0.3, -0.25) is 0 Å². The van der Waals surface area contributed by atoms with Gasteiger partial charge in [0.2, 0.25) is 9.05 Å². The first-order valence-corrected chi connectivity index (χ1v) is 9.39. The minimum absolute atomic E-state index is 0.126. The third-order valence-electron chi connectivity index (χ3n) is 3.30. The maximum Gasteiger partial charge on any atom is 0.410 e. The maximum atomic E-state index is 12.2. The molecule has 0 aromatic heterocycles. The molecule has 1 heterocycles. The number of likely N-dealkylation sites (tertiary alicyclic amines) is 1. The van der Waals surface area contributed by atoms with Gasteiger partial charge >= 0.3 is 6.09 Å². The molecule has 1 aliphatic heterocycles. The quantitative estimate of drug-likeness (QED) is 0.748. The smallest absolute Gasteiger partial charge is 0.410 e. The molecule has 118 valence electrons. The lowest BCUT2D eigenvalue weighted by Crippen LogP contribution is -2.49. The molecule has 20 heavy (non-hydrogen) atoms. The number of halogens is 1. The largest absolute Gasteiger partial charge is 0.444 e. The number of carbonyl (C=O) groups is 1. The van der Waals surface area contributed by atoms with Gasteiger partial charge in [0, 0.05) is 23.3 Å².